The summed E-state index contributed by atoms with van der Waals surface area (Å²) in [7, 11) is 0. The van der Waals surface area contributed by atoms with Crippen LogP contribution in [-0.2, 0) is 0 Å². The Morgan fingerprint density at radius 2 is 2.27 bits per heavy atom. The summed E-state index contributed by atoms with van der Waals surface area (Å²) in [5, 5.41) is 12.5. The molecule has 1 atom stereocenters. The molecule has 3 N–H and O–H groups in total. The topological polar surface area (TPSA) is 72.5 Å². The van der Waals surface area contributed by atoms with Gasteiger partial charge in [-0.3, -0.25) is 5.10 Å². The molecule has 2 heterocycles. The average Bonchev–Trinajstić information content (AvgIpc) is 2.91. The van der Waals surface area contributed by atoms with Crippen LogP contribution in [-0.4, -0.2) is 20.0 Å². The lowest BCUT2D eigenvalue weighted by Crippen LogP contribution is -2.09. The van der Waals surface area contributed by atoms with E-state index in [4.69, 9.17) is 5.73 Å². The Balaban J connectivity index is 2.17. The first-order valence-electron chi connectivity index (χ1n) is 5.37. The number of hydrogen-bond donors (Lipinski definition) is 2. The van der Waals surface area contributed by atoms with E-state index in [1.165, 1.54) is 12.8 Å². The number of rotatable bonds is 2. The second-order valence-corrected chi connectivity index (χ2v) is 4.44. The van der Waals surface area contributed by atoms with Crippen LogP contribution in [0.15, 0.2) is 0 Å². The van der Waals surface area contributed by atoms with E-state index in [1.54, 1.807) is 0 Å². The van der Waals surface area contributed by atoms with Gasteiger partial charge in [-0.25, -0.2) is 4.68 Å². The third-order valence-corrected chi connectivity index (χ3v) is 3.30. The van der Waals surface area contributed by atoms with Crippen LogP contribution in [0.5, 0.6) is 0 Å². The number of nitrogens with zero attached hydrogens (tertiary/aromatic N) is 3. The standard InChI is InChI=1S/C10H15N5/c1-5-8-9(11)12-13-10(8)15(14-5)6(2)7-3-4-7/h6-7H,3-4H2,1-2H3,(H3,11,12,13). The second kappa shape index (κ2) is 2.74. The minimum Gasteiger partial charge on any atom is -0.383 e. The SMILES string of the molecule is Cc1nn(C(C)C2CC2)c2n[nH]c(N)c12. The van der Waals surface area contributed by atoms with E-state index < -0.39 is 0 Å². The Morgan fingerprint density at radius 1 is 1.53 bits per heavy atom. The Morgan fingerprint density at radius 3 is 2.93 bits per heavy atom. The van der Waals surface area contributed by atoms with E-state index in [0.717, 1.165) is 22.6 Å². The predicted octanol–water partition coefficient (Wildman–Crippen LogP) is 1.62. The highest BCUT2D eigenvalue weighted by atomic mass is 15.4. The number of fused-ring (bicyclic) bond motifs is 1. The molecule has 1 aliphatic rings. The molecule has 2 aromatic heterocycles. The minimum atomic E-state index is 0.434. The summed E-state index contributed by atoms with van der Waals surface area (Å²) in [6.07, 6.45) is 2.61. The van der Waals surface area contributed by atoms with Gasteiger partial charge in [0.05, 0.1) is 17.1 Å². The minimum absolute atomic E-state index is 0.434. The predicted molar refractivity (Wildman–Crippen MR) is 58.5 cm³/mol. The van der Waals surface area contributed by atoms with Gasteiger partial charge in [0, 0.05) is 0 Å². The van der Waals surface area contributed by atoms with Gasteiger partial charge >= 0.3 is 0 Å². The van der Waals surface area contributed by atoms with E-state index in [0.29, 0.717) is 11.9 Å². The van der Waals surface area contributed by atoms with Gasteiger partial charge in [-0.2, -0.15) is 10.2 Å². The molecule has 0 aromatic carbocycles. The van der Waals surface area contributed by atoms with Gasteiger partial charge in [0.1, 0.15) is 5.82 Å². The van der Waals surface area contributed by atoms with Crippen molar-refractivity contribution in [3.8, 4) is 0 Å². The molecular formula is C10H15N5. The molecule has 2 aromatic rings. The molecule has 1 aliphatic carbocycles. The largest absolute Gasteiger partial charge is 0.383 e. The normalized spacial score (nSPS) is 18.5. The molecule has 80 valence electrons. The Hall–Kier alpha value is -1.52. The number of nitrogen functional groups attached to an aromatic ring is 1. The first kappa shape index (κ1) is 8.76. The van der Waals surface area contributed by atoms with Crippen LogP contribution < -0.4 is 5.73 Å². The molecular weight excluding hydrogens is 190 g/mol. The fourth-order valence-corrected chi connectivity index (χ4v) is 2.19. The van der Waals surface area contributed by atoms with Gasteiger partial charge in [0.2, 0.25) is 0 Å². The maximum Gasteiger partial charge on any atom is 0.182 e. The molecule has 0 amide bonds. The summed E-state index contributed by atoms with van der Waals surface area (Å²) in [5.74, 6) is 1.39. The quantitative estimate of drug-likeness (QED) is 0.782. The highest BCUT2D eigenvalue weighted by molar-refractivity contribution is 5.88. The van der Waals surface area contributed by atoms with Crippen molar-refractivity contribution in [2.24, 2.45) is 5.92 Å². The molecule has 5 nitrogen and oxygen atoms in total. The first-order valence-corrected chi connectivity index (χ1v) is 5.37. The zero-order chi connectivity index (χ0) is 10.6. The van der Waals surface area contributed by atoms with Crippen molar-refractivity contribution in [3.63, 3.8) is 0 Å². The van der Waals surface area contributed by atoms with Crippen LogP contribution >= 0.6 is 0 Å². The van der Waals surface area contributed by atoms with Gasteiger partial charge in [-0.05, 0) is 32.6 Å². The fraction of sp³-hybridized carbons (Fsp3) is 0.600. The van der Waals surface area contributed by atoms with Crippen molar-refractivity contribution in [2.45, 2.75) is 32.7 Å². The molecule has 0 bridgehead atoms. The van der Waals surface area contributed by atoms with Gasteiger partial charge in [-0.1, -0.05) is 0 Å². The van der Waals surface area contributed by atoms with Gasteiger partial charge in [0.15, 0.2) is 5.65 Å². The molecule has 5 heteroatoms. The summed E-state index contributed by atoms with van der Waals surface area (Å²) in [5.41, 5.74) is 7.67. The lowest BCUT2D eigenvalue weighted by Gasteiger charge is -2.10. The van der Waals surface area contributed by atoms with Crippen LogP contribution in [0.2, 0.25) is 0 Å². The Bertz CT molecular complexity index is 505. The van der Waals surface area contributed by atoms with Gasteiger partial charge < -0.3 is 5.73 Å². The third kappa shape index (κ3) is 1.15. The van der Waals surface area contributed by atoms with Gasteiger partial charge in [0.25, 0.3) is 0 Å². The molecule has 1 saturated carbocycles. The van der Waals surface area contributed by atoms with E-state index in [-0.39, 0.29) is 0 Å². The summed E-state index contributed by atoms with van der Waals surface area (Å²) in [6, 6.07) is 0.434. The molecule has 3 rings (SSSR count). The van der Waals surface area contributed by atoms with Crippen molar-refractivity contribution in [1.82, 2.24) is 20.0 Å². The van der Waals surface area contributed by atoms with Crippen molar-refractivity contribution in [3.05, 3.63) is 5.69 Å². The maximum atomic E-state index is 5.81. The second-order valence-electron chi connectivity index (χ2n) is 4.44. The summed E-state index contributed by atoms with van der Waals surface area (Å²) >= 11 is 0. The zero-order valence-electron chi connectivity index (χ0n) is 8.99. The first-order chi connectivity index (χ1) is 7.18. The third-order valence-electron chi connectivity index (χ3n) is 3.30. The number of aromatic nitrogens is 4. The van der Waals surface area contributed by atoms with Gasteiger partial charge in [-0.15, -0.1) is 0 Å². The highest BCUT2D eigenvalue weighted by Crippen LogP contribution is 2.40. The molecule has 0 spiro atoms. The number of nitrogens with one attached hydrogen (secondary N) is 1. The number of aryl methyl sites for hydroxylation is 1. The average molecular weight is 205 g/mol. The fourth-order valence-electron chi connectivity index (χ4n) is 2.19. The molecule has 15 heavy (non-hydrogen) atoms. The van der Waals surface area contributed by atoms with E-state index in [1.807, 2.05) is 11.6 Å². The number of nitrogens with two attached hydrogens (primary N) is 1. The van der Waals surface area contributed by atoms with Crippen molar-refractivity contribution < 1.29 is 0 Å². The lowest BCUT2D eigenvalue weighted by atomic mass is 10.2. The monoisotopic (exact) mass is 205 g/mol. The number of hydrogen-bond acceptors (Lipinski definition) is 3. The lowest BCUT2D eigenvalue weighted by molar-refractivity contribution is 0.448. The highest BCUT2D eigenvalue weighted by Gasteiger charge is 2.31. The molecule has 1 unspecified atom stereocenters. The zero-order valence-corrected chi connectivity index (χ0v) is 8.99. The van der Waals surface area contributed by atoms with Crippen molar-refractivity contribution >= 4 is 16.9 Å². The van der Waals surface area contributed by atoms with E-state index in [2.05, 4.69) is 22.2 Å². The Labute approximate surface area is 87.6 Å². The molecule has 0 radical (unpaired) electrons. The smallest absolute Gasteiger partial charge is 0.182 e. The summed E-state index contributed by atoms with van der Waals surface area (Å²) in [4.78, 5) is 0. The van der Waals surface area contributed by atoms with E-state index in [9.17, 15) is 0 Å². The van der Waals surface area contributed by atoms with Crippen LogP contribution in [0.3, 0.4) is 0 Å². The molecule has 0 aliphatic heterocycles. The molecule has 1 fully saturated rings. The number of aromatic amines is 1. The maximum absolute atomic E-state index is 5.81. The van der Waals surface area contributed by atoms with Crippen molar-refractivity contribution in [2.75, 3.05) is 5.73 Å². The van der Waals surface area contributed by atoms with Crippen LogP contribution in [0, 0.1) is 12.8 Å². The van der Waals surface area contributed by atoms with Crippen molar-refractivity contribution in [1.29, 1.82) is 0 Å². The number of H-pyrrole nitrogens is 1. The summed E-state index contributed by atoms with van der Waals surface area (Å²) < 4.78 is 2.01. The Kier molecular flexibility index (Phi) is 1.60. The summed E-state index contributed by atoms with van der Waals surface area (Å²) in [6.45, 7) is 4.18. The van der Waals surface area contributed by atoms with Crippen LogP contribution in [0.25, 0.3) is 11.0 Å². The molecule has 0 saturated heterocycles. The van der Waals surface area contributed by atoms with Crippen LogP contribution in [0.4, 0.5) is 5.82 Å². The number of anilines is 1. The van der Waals surface area contributed by atoms with E-state index >= 15 is 0 Å². The van der Waals surface area contributed by atoms with Crippen LogP contribution in [0.1, 0.15) is 31.5 Å².